The summed E-state index contributed by atoms with van der Waals surface area (Å²) in [7, 11) is 0. The van der Waals surface area contributed by atoms with Crippen molar-refractivity contribution in [2.45, 2.75) is 6.92 Å². The molecule has 0 aliphatic heterocycles. The second-order valence-corrected chi connectivity index (χ2v) is 5.81. The molecule has 0 amide bonds. The highest BCUT2D eigenvalue weighted by atomic mass is 79.9. The van der Waals surface area contributed by atoms with Crippen molar-refractivity contribution >= 4 is 44.1 Å². The lowest BCUT2D eigenvalue weighted by molar-refractivity contribution is 0.0517. The molecule has 0 unspecified atom stereocenters. The van der Waals surface area contributed by atoms with Gasteiger partial charge in [0, 0.05) is 16.1 Å². The highest BCUT2D eigenvalue weighted by Gasteiger charge is 2.15. The summed E-state index contributed by atoms with van der Waals surface area (Å²) < 4.78 is 11.7. The zero-order valence-electron chi connectivity index (χ0n) is 11.5. The molecule has 0 fully saturated rings. The van der Waals surface area contributed by atoms with Gasteiger partial charge < -0.3 is 9.47 Å². The molecule has 1 aromatic carbocycles. The highest BCUT2D eigenvalue weighted by molar-refractivity contribution is 9.10. The van der Waals surface area contributed by atoms with Gasteiger partial charge in [0.2, 0.25) is 5.88 Å². The maximum absolute atomic E-state index is 11.8. The Hall–Kier alpha value is -1.73. The number of benzene rings is 1. The maximum Gasteiger partial charge on any atom is 0.358 e. The summed E-state index contributed by atoms with van der Waals surface area (Å²) in [5.41, 5.74) is 0.590. The normalized spacial score (nSPS) is 10.1. The first-order chi connectivity index (χ1) is 10.5. The largest absolute Gasteiger partial charge is 0.461 e. The third-order valence-electron chi connectivity index (χ3n) is 2.61. The number of aldehydes is 1. The minimum atomic E-state index is -0.538. The molecule has 1 aromatic heterocycles. The summed E-state index contributed by atoms with van der Waals surface area (Å²) in [5.74, 6) is 0.129. The zero-order chi connectivity index (χ0) is 16.1. The minimum Gasteiger partial charge on any atom is -0.461 e. The van der Waals surface area contributed by atoms with E-state index in [-0.39, 0.29) is 18.2 Å². The van der Waals surface area contributed by atoms with E-state index in [0.29, 0.717) is 20.3 Å². The summed E-state index contributed by atoms with van der Waals surface area (Å²) >= 11 is 6.51. The van der Waals surface area contributed by atoms with Crippen molar-refractivity contribution in [3.8, 4) is 11.6 Å². The van der Waals surface area contributed by atoms with Crippen LogP contribution in [0.2, 0.25) is 0 Å². The molecule has 7 heteroatoms. The number of hydrogen-bond donors (Lipinski definition) is 0. The van der Waals surface area contributed by atoms with Crippen LogP contribution in [-0.2, 0) is 4.74 Å². The van der Waals surface area contributed by atoms with Gasteiger partial charge in [-0.05, 0) is 47.1 Å². The summed E-state index contributed by atoms with van der Waals surface area (Å²) in [6.45, 7) is 1.97. The van der Waals surface area contributed by atoms with Crippen LogP contribution >= 0.6 is 31.9 Å². The van der Waals surface area contributed by atoms with Crippen molar-refractivity contribution in [2.24, 2.45) is 0 Å². The number of esters is 1. The average Bonchev–Trinajstić information content (AvgIpc) is 2.51. The second kappa shape index (κ2) is 7.51. The fourth-order valence-corrected chi connectivity index (χ4v) is 2.34. The quantitative estimate of drug-likeness (QED) is 0.522. The zero-order valence-corrected chi connectivity index (χ0v) is 14.7. The monoisotopic (exact) mass is 427 g/mol. The SMILES string of the molecule is CCOC(=O)c1nc(Oc2ccc(Br)c(C=O)c2)ccc1Br. The Balaban J connectivity index is 2.28. The van der Waals surface area contributed by atoms with E-state index in [1.807, 2.05) is 0 Å². The first-order valence-corrected chi connectivity index (χ1v) is 7.90. The third kappa shape index (κ3) is 3.92. The molecule has 0 aliphatic carbocycles. The van der Waals surface area contributed by atoms with Gasteiger partial charge in [-0.1, -0.05) is 15.9 Å². The van der Waals surface area contributed by atoms with E-state index < -0.39 is 5.97 Å². The Bertz CT molecular complexity index is 719. The number of halogens is 2. The molecule has 0 atom stereocenters. The van der Waals surface area contributed by atoms with E-state index >= 15 is 0 Å². The van der Waals surface area contributed by atoms with Crippen molar-refractivity contribution in [3.05, 3.63) is 50.5 Å². The van der Waals surface area contributed by atoms with E-state index in [4.69, 9.17) is 9.47 Å². The number of aromatic nitrogens is 1. The molecule has 1 heterocycles. The number of rotatable bonds is 5. The van der Waals surface area contributed by atoms with Crippen molar-refractivity contribution in [1.29, 1.82) is 0 Å². The molecule has 0 aliphatic rings. The van der Waals surface area contributed by atoms with E-state index in [1.165, 1.54) is 0 Å². The number of nitrogens with zero attached hydrogens (tertiary/aromatic N) is 1. The smallest absolute Gasteiger partial charge is 0.358 e. The Morgan fingerprint density at radius 2 is 1.95 bits per heavy atom. The topological polar surface area (TPSA) is 65.5 Å². The van der Waals surface area contributed by atoms with E-state index in [2.05, 4.69) is 36.8 Å². The molecular formula is C15H11Br2NO4. The van der Waals surface area contributed by atoms with Crippen molar-refractivity contribution in [1.82, 2.24) is 4.98 Å². The summed E-state index contributed by atoms with van der Waals surface area (Å²) in [6.07, 6.45) is 0.718. The minimum absolute atomic E-state index is 0.132. The molecular weight excluding hydrogens is 418 g/mol. The number of carbonyl (C=O) groups excluding carboxylic acids is 2. The lowest BCUT2D eigenvalue weighted by Crippen LogP contribution is -2.08. The van der Waals surface area contributed by atoms with Crippen LogP contribution < -0.4 is 4.74 Å². The molecule has 114 valence electrons. The second-order valence-electron chi connectivity index (χ2n) is 4.10. The fraction of sp³-hybridized carbons (Fsp3) is 0.133. The Morgan fingerprint density at radius 3 is 2.64 bits per heavy atom. The van der Waals surface area contributed by atoms with Crippen LogP contribution in [0.15, 0.2) is 39.3 Å². The van der Waals surface area contributed by atoms with Crippen molar-refractivity contribution in [3.63, 3.8) is 0 Å². The molecule has 0 N–H and O–H groups in total. The Morgan fingerprint density at radius 1 is 1.23 bits per heavy atom. The summed E-state index contributed by atoms with van der Waals surface area (Å²) in [6, 6.07) is 8.21. The van der Waals surface area contributed by atoms with Gasteiger partial charge in [0.05, 0.1) is 11.1 Å². The van der Waals surface area contributed by atoms with Gasteiger partial charge in [0.25, 0.3) is 0 Å². The predicted molar refractivity (Wildman–Crippen MR) is 87.5 cm³/mol. The lowest BCUT2D eigenvalue weighted by Gasteiger charge is -2.08. The van der Waals surface area contributed by atoms with Gasteiger partial charge in [-0.3, -0.25) is 4.79 Å². The summed E-state index contributed by atoms with van der Waals surface area (Å²) in [4.78, 5) is 26.8. The highest BCUT2D eigenvalue weighted by Crippen LogP contribution is 2.27. The molecule has 22 heavy (non-hydrogen) atoms. The lowest BCUT2D eigenvalue weighted by atomic mass is 10.2. The van der Waals surface area contributed by atoms with E-state index in [9.17, 15) is 9.59 Å². The van der Waals surface area contributed by atoms with Gasteiger partial charge in [0.1, 0.15) is 5.75 Å². The number of pyridine rings is 1. The first-order valence-electron chi connectivity index (χ1n) is 6.31. The van der Waals surface area contributed by atoms with Gasteiger partial charge in [0.15, 0.2) is 12.0 Å². The molecule has 5 nitrogen and oxygen atoms in total. The molecule has 2 rings (SSSR count). The first kappa shape index (κ1) is 16.6. The standard InChI is InChI=1S/C15H11Br2NO4/c1-2-21-15(20)14-12(17)5-6-13(18-14)22-10-3-4-11(16)9(7-10)8-19/h3-8H,2H2,1H3. The van der Waals surface area contributed by atoms with Crippen LogP contribution in [0.5, 0.6) is 11.6 Å². The predicted octanol–water partition coefficient (Wildman–Crippen LogP) is 4.39. The number of carbonyl (C=O) groups is 2. The fourth-order valence-electron chi connectivity index (χ4n) is 1.62. The van der Waals surface area contributed by atoms with Crippen LogP contribution in [-0.4, -0.2) is 23.8 Å². The van der Waals surface area contributed by atoms with E-state index in [1.54, 1.807) is 37.3 Å². The van der Waals surface area contributed by atoms with Crippen LogP contribution in [0.1, 0.15) is 27.8 Å². The maximum atomic E-state index is 11.8. The number of hydrogen-bond acceptors (Lipinski definition) is 5. The van der Waals surface area contributed by atoms with Gasteiger partial charge in [-0.25, -0.2) is 9.78 Å². The van der Waals surface area contributed by atoms with Crippen LogP contribution in [0.4, 0.5) is 0 Å². The molecule has 0 spiro atoms. The molecule has 0 radical (unpaired) electrons. The molecule has 2 aromatic rings. The van der Waals surface area contributed by atoms with E-state index in [0.717, 1.165) is 6.29 Å². The molecule has 0 bridgehead atoms. The van der Waals surface area contributed by atoms with Crippen molar-refractivity contribution < 1.29 is 19.1 Å². The van der Waals surface area contributed by atoms with Crippen LogP contribution in [0.25, 0.3) is 0 Å². The van der Waals surface area contributed by atoms with Crippen molar-refractivity contribution in [2.75, 3.05) is 6.61 Å². The molecule has 0 saturated carbocycles. The van der Waals surface area contributed by atoms with Crippen LogP contribution in [0, 0.1) is 0 Å². The molecule has 0 saturated heterocycles. The third-order valence-corrected chi connectivity index (χ3v) is 3.97. The van der Waals surface area contributed by atoms with Gasteiger partial charge in [-0.15, -0.1) is 0 Å². The van der Waals surface area contributed by atoms with Gasteiger partial charge >= 0.3 is 5.97 Å². The average molecular weight is 429 g/mol. The number of ether oxygens (including phenoxy) is 2. The van der Waals surface area contributed by atoms with Crippen LogP contribution in [0.3, 0.4) is 0 Å². The Labute approximate surface area is 143 Å². The Kier molecular flexibility index (Phi) is 5.68. The van der Waals surface area contributed by atoms with Gasteiger partial charge in [-0.2, -0.15) is 0 Å². The summed E-state index contributed by atoms with van der Waals surface area (Å²) in [5, 5.41) is 0.